The van der Waals surface area contributed by atoms with Crippen LogP contribution in [0.5, 0.6) is 0 Å². The van der Waals surface area contributed by atoms with Crippen molar-refractivity contribution in [2.45, 2.75) is 25.7 Å². The molecule has 1 heterocycles. The van der Waals surface area contributed by atoms with E-state index in [2.05, 4.69) is 5.10 Å². The van der Waals surface area contributed by atoms with Crippen LogP contribution in [0.1, 0.15) is 31.2 Å². The molecule has 0 saturated carbocycles. The topological polar surface area (TPSA) is 58.7 Å². The summed E-state index contributed by atoms with van der Waals surface area (Å²) in [4.78, 5) is 10.3. The van der Waals surface area contributed by atoms with Crippen LogP contribution in [0.4, 0.5) is 5.69 Å². The largest absolute Gasteiger partial charge is 0.297 e. The summed E-state index contributed by atoms with van der Waals surface area (Å²) in [6, 6.07) is 6.54. The lowest BCUT2D eigenvalue weighted by Crippen LogP contribution is -2.18. The van der Waals surface area contributed by atoms with Crippen molar-refractivity contribution in [1.29, 1.82) is 0 Å². The Labute approximate surface area is 106 Å². The molecule has 0 N–H and O–H groups in total. The number of hydrogen-bond donors (Lipinski definition) is 0. The predicted octanol–water partition coefficient (Wildman–Crippen LogP) is 2.80. The Balaban J connectivity index is 2.03. The minimum atomic E-state index is -0.386. The third-order valence-electron chi connectivity index (χ3n) is 3.03. The number of nitro groups is 1. The summed E-state index contributed by atoms with van der Waals surface area (Å²) in [6.45, 7) is 1.96. The van der Waals surface area contributed by atoms with Crippen molar-refractivity contribution in [1.82, 2.24) is 5.01 Å². The Hall–Kier alpha value is -1.91. The van der Waals surface area contributed by atoms with Crippen LogP contribution in [0, 0.1) is 10.1 Å². The first-order chi connectivity index (χ1) is 8.75. The molecule has 0 bridgehead atoms. The molecule has 1 saturated heterocycles. The van der Waals surface area contributed by atoms with Gasteiger partial charge < -0.3 is 0 Å². The zero-order valence-electron chi connectivity index (χ0n) is 10.3. The Kier molecular flexibility index (Phi) is 4.28. The van der Waals surface area contributed by atoms with Crippen molar-refractivity contribution in [3.8, 4) is 0 Å². The molecule has 0 spiro atoms. The minimum Gasteiger partial charge on any atom is -0.297 e. The van der Waals surface area contributed by atoms with E-state index in [1.54, 1.807) is 18.3 Å². The highest BCUT2D eigenvalue weighted by Gasteiger charge is 2.06. The first-order valence-electron chi connectivity index (χ1n) is 6.29. The van der Waals surface area contributed by atoms with Gasteiger partial charge in [0, 0.05) is 30.8 Å². The van der Waals surface area contributed by atoms with Crippen LogP contribution in [-0.4, -0.2) is 29.2 Å². The second-order valence-electron chi connectivity index (χ2n) is 4.46. The van der Waals surface area contributed by atoms with E-state index in [-0.39, 0.29) is 10.6 Å². The Bertz CT molecular complexity index is 438. The van der Waals surface area contributed by atoms with Crippen LogP contribution < -0.4 is 0 Å². The maximum absolute atomic E-state index is 10.7. The first-order valence-corrected chi connectivity index (χ1v) is 6.29. The number of rotatable bonds is 3. The summed E-state index contributed by atoms with van der Waals surface area (Å²) < 4.78 is 0. The van der Waals surface area contributed by atoms with Gasteiger partial charge in [-0.1, -0.05) is 25.0 Å². The van der Waals surface area contributed by atoms with Gasteiger partial charge in [0.25, 0.3) is 5.69 Å². The van der Waals surface area contributed by atoms with Crippen LogP contribution >= 0.6 is 0 Å². The fourth-order valence-electron chi connectivity index (χ4n) is 2.04. The van der Waals surface area contributed by atoms with E-state index in [1.165, 1.54) is 31.7 Å². The lowest BCUT2D eigenvalue weighted by molar-refractivity contribution is -0.384. The predicted molar refractivity (Wildman–Crippen MR) is 70.7 cm³/mol. The number of non-ortho nitro benzene ring substituents is 1. The zero-order valence-corrected chi connectivity index (χ0v) is 10.3. The van der Waals surface area contributed by atoms with Gasteiger partial charge in [-0.05, 0) is 12.8 Å². The van der Waals surface area contributed by atoms with Crippen LogP contribution in [-0.2, 0) is 0 Å². The van der Waals surface area contributed by atoms with Gasteiger partial charge in [-0.25, -0.2) is 0 Å². The molecule has 0 atom stereocenters. The molecule has 0 amide bonds. The van der Waals surface area contributed by atoms with E-state index in [1.807, 2.05) is 11.1 Å². The van der Waals surface area contributed by atoms with Gasteiger partial charge in [-0.2, -0.15) is 5.10 Å². The molecular weight excluding hydrogens is 230 g/mol. The fourth-order valence-corrected chi connectivity index (χ4v) is 2.04. The third-order valence-corrected chi connectivity index (χ3v) is 3.03. The van der Waals surface area contributed by atoms with Crippen molar-refractivity contribution in [3.05, 3.63) is 39.9 Å². The molecule has 1 aliphatic rings. The van der Waals surface area contributed by atoms with E-state index in [4.69, 9.17) is 0 Å². The molecule has 5 heteroatoms. The summed E-state index contributed by atoms with van der Waals surface area (Å²) in [7, 11) is 0. The van der Waals surface area contributed by atoms with Gasteiger partial charge in [0.2, 0.25) is 0 Å². The standard InChI is InChI=1S/C13H17N3O2/c17-16(18)13-7-5-6-12(10-13)11-14-15-8-3-1-2-4-9-15/h5-7,10-11H,1-4,8-9H2. The molecule has 0 radical (unpaired) electrons. The molecule has 5 nitrogen and oxygen atoms in total. The zero-order chi connectivity index (χ0) is 12.8. The summed E-state index contributed by atoms with van der Waals surface area (Å²) in [5, 5.41) is 17.1. The first kappa shape index (κ1) is 12.5. The van der Waals surface area contributed by atoms with Gasteiger partial charge in [-0.15, -0.1) is 0 Å². The third kappa shape index (κ3) is 3.55. The average Bonchev–Trinajstić information content (AvgIpc) is 2.65. The average molecular weight is 247 g/mol. The smallest absolute Gasteiger partial charge is 0.270 e. The van der Waals surface area contributed by atoms with Crippen LogP contribution in [0.3, 0.4) is 0 Å². The molecule has 2 rings (SSSR count). The van der Waals surface area contributed by atoms with E-state index < -0.39 is 0 Å². The molecule has 1 fully saturated rings. The van der Waals surface area contributed by atoms with E-state index in [9.17, 15) is 10.1 Å². The van der Waals surface area contributed by atoms with Crippen molar-refractivity contribution in [2.24, 2.45) is 5.10 Å². The van der Waals surface area contributed by atoms with Crippen molar-refractivity contribution >= 4 is 11.9 Å². The summed E-state index contributed by atoms with van der Waals surface area (Å²) in [5.41, 5.74) is 0.878. The Morgan fingerprint density at radius 2 is 1.94 bits per heavy atom. The summed E-state index contributed by atoms with van der Waals surface area (Å²) in [6.07, 6.45) is 6.59. The maximum atomic E-state index is 10.7. The van der Waals surface area contributed by atoms with Crippen molar-refractivity contribution < 1.29 is 4.92 Å². The van der Waals surface area contributed by atoms with Crippen LogP contribution in [0.15, 0.2) is 29.4 Å². The van der Waals surface area contributed by atoms with E-state index >= 15 is 0 Å². The van der Waals surface area contributed by atoms with Gasteiger partial charge >= 0.3 is 0 Å². The Morgan fingerprint density at radius 3 is 2.61 bits per heavy atom. The number of benzene rings is 1. The molecule has 96 valence electrons. The minimum absolute atomic E-state index is 0.106. The van der Waals surface area contributed by atoms with E-state index in [0.29, 0.717) is 0 Å². The molecule has 0 unspecified atom stereocenters. The van der Waals surface area contributed by atoms with Crippen LogP contribution in [0.2, 0.25) is 0 Å². The lowest BCUT2D eigenvalue weighted by atomic mass is 10.2. The molecule has 0 aliphatic carbocycles. The monoisotopic (exact) mass is 247 g/mol. The van der Waals surface area contributed by atoms with Crippen molar-refractivity contribution in [3.63, 3.8) is 0 Å². The molecule has 1 aromatic carbocycles. The number of nitro benzene ring substituents is 1. The summed E-state index contributed by atoms with van der Waals surface area (Å²) in [5.74, 6) is 0. The van der Waals surface area contributed by atoms with Gasteiger partial charge in [-0.3, -0.25) is 15.1 Å². The summed E-state index contributed by atoms with van der Waals surface area (Å²) >= 11 is 0. The van der Waals surface area contributed by atoms with Gasteiger partial charge in [0.05, 0.1) is 11.1 Å². The maximum Gasteiger partial charge on any atom is 0.270 e. The number of nitrogens with zero attached hydrogens (tertiary/aromatic N) is 3. The molecule has 1 aliphatic heterocycles. The van der Waals surface area contributed by atoms with E-state index in [0.717, 1.165) is 18.7 Å². The van der Waals surface area contributed by atoms with Crippen molar-refractivity contribution in [2.75, 3.05) is 13.1 Å². The SMILES string of the molecule is O=[N+]([O-])c1cccc(C=NN2CCCCCC2)c1. The molecule has 1 aromatic rings. The normalized spacial score (nSPS) is 16.8. The number of hydrogen-bond acceptors (Lipinski definition) is 4. The molecule has 18 heavy (non-hydrogen) atoms. The Morgan fingerprint density at radius 1 is 1.22 bits per heavy atom. The fraction of sp³-hybridized carbons (Fsp3) is 0.462. The highest BCUT2D eigenvalue weighted by atomic mass is 16.6. The highest BCUT2D eigenvalue weighted by molar-refractivity contribution is 5.80. The molecule has 0 aromatic heterocycles. The second kappa shape index (κ2) is 6.14. The van der Waals surface area contributed by atoms with Gasteiger partial charge in [0.1, 0.15) is 0 Å². The second-order valence-corrected chi connectivity index (χ2v) is 4.46. The quantitative estimate of drug-likeness (QED) is 0.469. The van der Waals surface area contributed by atoms with Gasteiger partial charge in [0.15, 0.2) is 0 Å². The molecular formula is C13H17N3O2. The lowest BCUT2D eigenvalue weighted by Gasteiger charge is -2.15. The van der Waals surface area contributed by atoms with Crippen LogP contribution in [0.25, 0.3) is 0 Å². The number of hydrazone groups is 1. The highest BCUT2D eigenvalue weighted by Crippen LogP contribution is 2.13.